The maximum atomic E-state index is 15.4. The molecule has 2 aromatic carbocycles. The fourth-order valence-electron chi connectivity index (χ4n) is 3.22. The van der Waals surface area contributed by atoms with Crippen molar-refractivity contribution < 1.29 is 27.1 Å². The van der Waals surface area contributed by atoms with E-state index in [2.05, 4.69) is 10.3 Å². The summed E-state index contributed by atoms with van der Waals surface area (Å²) in [6.45, 7) is 7.39. The number of hydrogen-bond donors (Lipinski definition) is 1. The number of halogens is 2. The lowest BCUT2D eigenvalue weighted by Gasteiger charge is -2.26. The number of nitrogens with one attached hydrogen (secondary N) is 1. The molecule has 0 bridgehead atoms. The van der Waals surface area contributed by atoms with Gasteiger partial charge in [-0.15, -0.1) is 15.6 Å². The van der Waals surface area contributed by atoms with Crippen LogP contribution in [0.25, 0.3) is 0 Å². The van der Waals surface area contributed by atoms with Crippen LogP contribution in [0.1, 0.15) is 27.7 Å². The van der Waals surface area contributed by atoms with E-state index in [4.69, 9.17) is 21.1 Å². The molecule has 1 amide bonds. The minimum absolute atomic E-state index is 0.0803. The maximum absolute atomic E-state index is 15.4. The molecule has 0 radical (unpaired) electrons. The second kappa shape index (κ2) is 11.1. The largest absolute Gasteiger partial charge is 0.497 e. The molecule has 3 rings (SSSR count). The number of carbonyl (C=O) groups excluding carboxylic acids is 1. The Kier molecular flexibility index (Phi) is 8.56. The summed E-state index contributed by atoms with van der Waals surface area (Å²) in [6.07, 6.45) is -1.22. The molecule has 0 fully saturated rings. The van der Waals surface area contributed by atoms with Crippen LogP contribution in [0.2, 0.25) is 5.02 Å². The zero-order valence-corrected chi connectivity index (χ0v) is 23.6. The van der Waals surface area contributed by atoms with Crippen LogP contribution in [0.3, 0.4) is 0 Å². The Hall–Kier alpha value is -3.09. The maximum Gasteiger partial charge on any atom is 0.430 e. The number of thiazole rings is 1. The quantitative estimate of drug-likeness (QED) is 0.338. The summed E-state index contributed by atoms with van der Waals surface area (Å²) in [6, 6.07) is 7.19. The number of ether oxygens (including phenoxy) is 2. The average Bonchev–Trinajstić information content (AvgIpc) is 3.33. The van der Waals surface area contributed by atoms with Crippen LogP contribution in [0.15, 0.2) is 46.1 Å². The summed E-state index contributed by atoms with van der Waals surface area (Å²) in [5.41, 5.74) is 1.83. The van der Waals surface area contributed by atoms with E-state index in [1.807, 2.05) is 24.9 Å². The van der Waals surface area contributed by atoms with Crippen LogP contribution in [0.5, 0.6) is 5.75 Å². The fraction of sp³-hybridized carbons (Fsp3) is 0.333. The van der Waals surface area contributed by atoms with Crippen LogP contribution in [-0.4, -0.2) is 45.8 Å². The van der Waals surface area contributed by atoms with Crippen LogP contribution in [0, 0.1) is 5.82 Å². The number of rotatable bonds is 8. The molecular weight excluding hydrogens is 543 g/mol. The fourth-order valence-corrected chi connectivity index (χ4v) is 5.43. The van der Waals surface area contributed by atoms with Gasteiger partial charge in [0.15, 0.2) is 5.82 Å². The number of sulfonamides is 1. The number of nitrogens with zero attached hydrogens (tertiary/aromatic N) is 3. The third-order valence-corrected chi connectivity index (χ3v) is 7.66. The third-order valence-electron chi connectivity index (χ3n) is 5.09. The predicted octanol–water partition coefficient (Wildman–Crippen LogP) is 6.27. The van der Waals surface area contributed by atoms with Crippen molar-refractivity contribution in [2.24, 2.45) is 0 Å². The molecule has 0 aliphatic carbocycles. The van der Waals surface area contributed by atoms with Gasteiger partial charge in [-0.25, -0.2) is 22.6 Å². The van der Waals surface area contributed by atoms with E-state index in [9.17, 15) is 13.2 Å². The van der Waals surface area contributed by atoms with Crippen molar-refractivity contribution in [1.29, 1.82) is 0 Å². The lowest BCUT2D eigenvalue weighted by molar-refractivity contribution is 0.0608. The Morgan fingerprint density at radius 2 is 1.92 bits per heavy atom. The molecule has 1 heterocycles. The van der Waals surface area contributed by atoms with E-state index in [0.29, 0.717) is 22.3 Å². The monoisotopic (exact) mass is 570 g/mol. The SMILES string of the molecule is CCN(C)c1cc(OC)ccc1Nc1cc(F)c(S(=O)(=O)N(C(=O)OC(C)(C)C)c2cscn2)cc1Cl. The first-order valence-corrected chi connectivity index (χ1v) is 13.9. The molecule has 0 saturated heterocycles. The average molecular weight is 571 g/mol. The van der Waals surface area contributed by atoms with Gasteiger partial charge in [0, 0.05) is 31.1 Å². The van der Waals surface area contributed by atoms with Crippen LogP contribution >= 0.6 is 22.9 Å². The van der Waals surface area contributed by atoms with Crippen LogP contribution in [-0.2, 0) is 14.8 Å². The second-order valence-electron chi connectivity index (χ2n) is 8.88. The first-order chi connectivity index (χ1) is 17.3. The van der Waals surface area contributed by atoms with Gasteiger partial charge in [0.05, 0.1) is 34.7 Å². The number of anilines is 4. The molecule has 0 aliphatic heterocycles. The molecule has 0 saturated carbocycles. The van der Waals surface area contributed by atoms with E-state index in [1.54, 1.807) is 40.0 Å². The Morgan fingerprint density at radius 1 is 1.22 bits per heavy atom. The highest BCUT2D eigenvalue weighted by atomic mass is 35.5. The molecule has 13 heteroatoms. The minimum atomic E-state index is -4.78. The van der Waals surface area contributed by atoms with Crippen LogP contribution < -0.4 is 19.3 Å². The van der Waals surface area contributed by atoms with Crippen molar-refractivity contribution in [2.45, 2.75) is 38.2 Å². The molecule has 0 unspecified atom stereocenters. The summed E-state index contributed by atoms with van der Waals surface area (Å²) in [4.78, 5) is 17.9. The Morgan fingerprint density at radius 3 is 2.49 bits per heavy atom. The van der Waals surface area contributed by atoms with Gasteiger partial charge in [-0.1, -0.05) is 11.6 Å². The Balaban J connectivity index is 2.05. The molecule has 200 valence electrons. The van der Waals surface area contributed by atoms with Gasteiger partial charge < -0.3 is 19.7 Å². The molecule has 1 aromatic heterocycles. The van der Waals surface area contributed by atoms with E-state index in [-0.39, 0.29) is 16.5 Å². The number of hydrogen-bond acceptors (Lipinski definition) is 9. The summed E-state index contributed by atoms with van der Waals surface area (Å²) in [7, 11) is -1.35. The number of amides is 1. The first kappa shape index (κ1) is 28.5. The Labute approximate surface area is 224 Å². The first-order valence-electron chi connectivity index (χ1n) is 11.1. The Bertz CT molecular complexity index is 1380. The summed E-state index contributed by atoms with van der Waals surface area (Å²) in [5.74, 6) is -0.708. The van der Waals surface area contributed by atoms with Gasteiger partial charge in [-0.2, -0.15) is 0 Å². The predicted molar refractivity (Wildman–Crippen MR) is 145 cm³/mol. The smallest absolute Gasteiger partial charge is 0.430 e. The van der Waals surface area contributed by atoms with Crippen molar-refractivity contribution in [2.75, 3.05) is 35.2 Å². The summed E-state index contributed by atoms with van der Waals surface area (Å²) < 4.78 is 53.3. The molecule has 0 atom stereocenters. The lowest BCUT2D eigenvalue weighted by atomic mass is 10.2. The molecule has 1 N–H and O–H groups in total. The number of aromatic nitrogens is 1. The van der Waals surface area contributed by atoms with E-state index in [1.165, 1.54) is 10.9 Å². The van der Waals surface area contributed by atoms with Gasteiger partial charge in [-0.3, -0.25) is 0 Å². The minimum Gasteiger partial charge on any atom is -0.497 e. The van der Waals surface area contributed by atoms with Crippen molar-refractivity contribution in [1.82, 2.24) is 4.98 Å². The highest BCUT2D eigenvalue weighted by Crippen LogP contribution is 2.37. The number of methoxy groups -OCH3 is 1. The number of carbonyl (C=O) groups is 1. The van der Waals surface area contributed by atoms with Gasteiger partial charge in [0.2, 0.25) is 0 Å². The molecule has 9 nitrogen and oxygen atoms in total. The normalized spacial score (nSPS) is 11.7. The molecule has 0 spiro atoms. The number of benzene rings is 2. The molecule has 3 aromatic rings. The molecule has 37 heavy (non-hydrogen) atoms. The molecule has 0 aliphatic rings. The highest BCUT2D eigenvalue weighted by Gasteiger charge is 2.38. The molecular formula is C24H28ClFN4O5S2. The standard InChI is InChI=1S/C24H28ClFN4O5S2/c1-7-29(5)20-10-15(34-6)8-9-18(20)28-19-12-17(26)21(11-16(19)25)37(32,33)30(22-13-36-14-27-22)23(31)35-24(2,3)4/h8-14,28H,7H2,1-6H3. The third kappa shape index (κ3) is 6.43. The zero-order chi connectivity index (χ0) is 27.5. The highest BCUT2D eigenvalue weighted by molar-refractivity contribution is 7.93. The van der Waals surface area contributed by atoms with Gasteiger partial charge in [0.1, 0.15) is 22.1 Å². The van der Waals surface area contributed by atoms with E-state index >= 15 is 4.39 Å². The van der Waals surface area contributed by atoms with E-state index < -0.39 is 32.4 Å². The summed E-state index contributed by atoms with van der Waals surface area (Å²) >= 11 is 7.48. The summed E-state index contributed by atoms with van der Waals surface area (Å²) in [5, 5.41) is 4.32. The van der Waals surface area contributed by atoms with Crippen molar-refractivity contribution in [3.8, 4) is 5.75 Å². The van der Waals surface area contributed by atoms with Crippen LogP contribution in [0.4, 0.5) is 32.1 Å². The second-order valence-corrected chi connectivity index (χ2v) is 11.8. The topological polar surface area (TPSA) is 101 Å². The lowest BCUT2D eigenvalue weighted by Crippen LogP contribution is -2.41. The van der Waals surface area contributed by atoms with Gasteiger partial charge in [-0.05, 0) is 45.9 Å². The van der Waals surface area contributed by atoms with Gasteiger partial charge in [0.25, 0.3) is 10.0 Å². The van der Waals surface area contributed by atoms with Crippen molar-refractivity contribution in [3.63, 3.8) is 0 Å². The zero-order valence-electron chi connectivity index (χ0n) is 21.2. The van der Waals surface area contributed by atoms with E-state index in [0.717, 1.165) is 29.2 Å². The van der Waals surface area contributed by atoms with Gasteiger partial charge >= 0.3 is 6.09 Å². The van der Waals surface area contributed by atoms with Crippen molar-refractivity contribution >= 4 is 61.9 Å². The van der Waals surface area contributed by atoms with Crippen molar-refractivity contribution in [3.05, 3.63) is 52.1 Å².